The summed E-state index contributed by atoms with van der Waals surface area (Å²) in [6.45, 7) is 3.25. The molecule has 5 heteroatoms. The molecule has 0 amide bonds. The number of alkyl halides is 3. The number of rotatable bonds is 2. The lowest BCUT2D eigenvalue weighted by atomic mass is 10.2. The van der Waals surface area contributed by atoms with Gasteiger partial charge in [0.05, 0.1) is 5.57 Å². The zero-order chi connectivity index (χ0) is 10.1. The second-order valence-corrected chi connectivity index (χ2v) is 3.61. The van der Waals surface area contributed by atoms with Crippen LogP contribution in [0.25, 0.3) is 5.57 Å². The normalized spacial score (nSPS) is 11.7. The second kappa shape index (κ2) is 3.51. The summed E-state index contributed by atoms with van der Waals surface area (Å²) in [7, 11) is 0. The summed E-state index contributed by atoms with van der Waals surface area (Å²) < 4.78 is 36.4. The zero-order valence-corrected chi connectivity index (χ0v) is 7.50. The predicted octanol–water partition coefficient (Wildman–Crippen LogP) is 2.78. The third kappa shape index (κ3) is 2.32. The van der Waals surface area contributed by atoms with Crippen LogP contribution in [-0.2, 0) is 6.54 Å². The third-order valence-electron chi connectivity index (χ3n) is 1.50. The molecule has 0 radical (unpaired) electrons. The lowest BCUT2D eigenvalue weighted by Crippen LogP contribution is -2.08. The molecular weight excluding hydrogens is 199 g/mol. The Hall–Kier alpha value is -0.810. The minimum absolute atomic E-state index is 0.132. The lowest BCUT2D eigenvalue weighted by Gasteiger charge is -2.06. The van der Waals surface area contributed by atoms with Crippen LogP contribution in [0.2, 0.25) is 0 Å². The smallest absolute Gasteiger partial charge is 0.326 e. The highest BCUT2D eigenvalue weighted by Gasteiger charge is 2.33. The number of hydrogen-bond acceptors (Lipinski definition) is 2. The van der Waals surface area contributed by atoms with Crippen molar-refractivity contribution in [2.75, 3.05) is 0 Å². The molecule has 1 heterocycles. The summed E-state index contributed by atoms with van der Waals surface area (Å²) in [5, 5.41) is 0. The molecule has 72 valence electrons. The van der Waals surface area contributed by atoms with Crippen molar-refractivity contribution in [3.8, 4) is 0 Å². The summed E-state index contributed by atoms with van der Waals surface area (Å²) >= 11 is 1.02. The minimum Gasteiger partial charge on any atom is -0.326 e. The van der Waals surface area contributed by atoms with E-state index in [4.69, 9.17) is 5.73 Å². The first-order valence-electron chi connectivity index (χ1n) is 3.50. The second-order valence-electron chi connectivity index (χ2n) is 2.45. The largest absolute Gasteiger partial charge is 0.417 e. The van der Waals surface area contributed by atoms with Gasteiger partial charge in [-0.3, -0.25) is 0 Å². The Labute approximate surface area is 77.7 Å². The van der Waals surface area contributed by atoms with Crippen LogP contribution < -0.4 is 5.73 Å². The first-order valence-corrected chi connectivity index (χ1v) is 4.32. The van der Waals surface area contributed by atoms with E-state index in [0.29, 0.717) is 0 Å². The van der Waals surface area contributed by atoms with Gasteiger partial charge in [0.2, 0.25) is 0 Å². The van der Waals surface area contributed by atoms with E-state index < -0.39 is 11.7 Å². The fourth-order valence-electron chi connectivity index (χ4n) is 0.790. The Morgan fingerprint density at radius 2 is 2.08 bits per heavy atom. The van der Waals surface area contributed by atoms with Crippen LogP contribution in [0.15, 0.2) is 18.7 Å². The highest BCUT2D eigenvalue weighted by Crippen LogP contribution is 2.35. The van der Waals surface area contributed by atoms with Gasteiger partial charge in [0.1, 0.15) is 0 Å². The van der Waals surface area contributed by atoms with E-state index in [1.54, 1.807) is 6.07 Å². The maximum absolute atomic E-state index is 12.1. The fraction of sp³-hybridized carbons (Fsp3) is 0.250. The van der Waals surface area contributed by atoms with Crippen molar-refractivity contribution in [1.82, 2.24) is 0 Å². The van der Waals surface area contributed by atoms with Crippen LogP contribution in [0.5, 0.6) is 0 Å². The summed E-state index contributed by atoms with van der Waals surface area (Å²) in [5.74, 6) is 0. The molecule has 1 aromatic rings. The molecule has 1 rings (SSSR count). The number of halogens is 3. The lowest BCUT2D eigenvalue weighted by molar-refractivity contribution is -0.0684. The number of hydrogen-bond donors (Lipinski definition) is 1. The monoisotopic (exact) mass is 207 g/mol. The maximum atomic E-state index is 12.1. The summed E-state index contributed by atoms with van der Waals surface area (Å²) in [6.07, 6.45) is -4.35. The molecular formula is C8H8F3NS. The van der Waals surface area contributed by atoms with E-state index in [2.05, 4.69) is 6.58 Å². The van der Waals surface area contributed by atoms with Gasteiger partial charge in [-0.05, 0) is 12.1 Å². The molecule has 0 spiro atoms. The molecule has 0 bridgehead atoms. The average Bonchev–Trinajstić information content (AvgIpc) is 2.48. The highest BCUT2D eigenvalue weighted by molar-refractivity contribution is 7.13. The van der Waals surface area contributed by atoms with Crippen LogP contribution in [0.1, 0.15) is 9.75 Å². The zero-order valence-electron chi connectivity index (χ0n) is 6.69. The molecule has 0 saturated carbocycles. The van der Waals surface area contributed by atoms with E-state index in [-0.39, 0.29) is 11.4 Å². The molecule has 2 N–H and O–H groups in total. The molecule has 0 aromatic carbocycles. The van der Waals surface area contributed by atoms with Crippen LogP contribution in [-0.4, -0.2) is 6.18 Å². The van der Waals surface area contributed by atoms with Crippen LogP contribution in [0.3, 0.4) is 0 Å². The van der Waals surface area contributed by atoms with Crippen molar-refractivity contribution in [2.45, 2.75) is 12.7 Å². The topological polar surface area (TPSA) is 26.0 Å². The predicted molar refractivity (Wildman–Crippen MR) is 47.3 cm³/mol. The molecule has 0 unspecified atom stereocenters. The molecule has 0 fully saturated rings. The van der Waals surface area contributed by atoms with Crippen molar-refractivity contribution < 1.29 is 13.2 Å². The Morgan fingerprint density at radius 1 is 1.46 bits per heavy atom. The van der Waals surface area contributed by atoms with E-state index in [0.717, 1.165) is 16.2 Å². The van der Waals surface area contributed by atoms with Crippen molar-refractivity contribution in [2.24, 2.45) is 5.73 Å². The molecule has 0 atom stereocenters. The molecule has 0 saturated heterocycles. The molecule has 1 aromatic heterocycles. The van der Waals surface area contributed by atoms with Crippen molar-refractivity contribution in [3.05, 3.63) is 28.5 Å². The van der Waals surface area contributed by atoms with Gasteiger partial charge < -0.3 is 5.73 Å². The van der Waals surface area contributed by atoms with Crippen molar-refractivity contribution in [1.29, 1.82) is 0 Å². The fourth-order valence-corrected chi connectivity index (χ4v) is 1.67. The maximum Gasteiger partial charge on any atom is 0.417 e. The van der Waals surface area contributed by atoms with Crippen LogP contribution in [0.4, 0.5) is 13.2 Å². The van der Waals surface area contributed by atoms with Gasteiger partial charge in [-0.15, -0.1) is 11.3 Å². The highest BCUT2D eigenvalue weighted by atomic mass is 32.1. The van der Waals surface area contributed by atoms with Crippen molar-refractivity contribution >= 4 is 16.9 Å². The average molecular weight is 207 g/mol. The summed E-state index contributed by atoms with van der Waals surface area (Å²) in [5.41, 5.74) is 4.46. The standard InChI is InChI=1S/C8H8F3NS/c1-5(8(9,10)11)7-3-2-6(4-12)13-7/h2-3H,1,4,12H2. The summed E-state index contributed by atoms with van der Waals surface area (Å²) in [6, 6.07) is 2.97. The van der Waals surface area contributed by atoms with Crippen LogP contribution >= 0.6 is 11.3 Å². The SMILES string of the molecule is C=C(c1ccc(CN)s1)C(F)(F)F. The van der Waals surface area contributed by atoms with Gasteiger partial charge in [0, 0.05) is 16.3 Å². The van der Waals surface area contributed by atoms with Gasteiger partial charge in [0.25, 0.3) is 0 Å². The first-order chi connectivity index (χ1) is 5.95. The van der Waals surface area contributed by atoms with Crippen LogP contribution in [0, 0.1) is 0 Å². The van der Waals surface area contributed by atoms with Gasteiger partial charge in [-0.1, -0.05) is 6.58 Å². The molecule has 0 aliphatic heterocycles. The van der Waals surface area contributed by atoms with E-state index in [9.17, 15) is 13.2 Å². The molecule has 0 aliphatic rings. The molecule has 13 heavy (non-hydrogen) atoms. The Bertz CT molecular complexity index is 313. The molecule has 1 nitrogen and oxygen atoms in total. The number of thiophene rings is 1. The minimum atomic E-state index is -4.35. The number of allylic oxidation sites excluding steroid dienone is 1. The van der Waals surface area contributed by atoms with Gasteiger partial charge in [-0.2, -0.15) is 13.2 Å². The Morgan fingerprint density at radius 3 is 2.46 bits per heavy atom. The van der Waals surface area contributed by atoms with Gasteiger partial charge in [0.15, 0.2) is 0 Å². The Balaban J connectivity index is 2.90. The quantitative estimate of drug-likeness (QED) is 0.792. The van der Waals surface area contributed by atoms with E-state index in [1.807, 2.05) is 0 Å². The Kier molecular flexibility index (Phi) is 2.77. The van der Waals surface area contributed by atoms with Gasteiger partial charge in [-0.25, -0.2) is 0 Å². The van der Waals surface area contributed by atoms with E-state index in [1.165, 1.54) is 6.07 Å². The molecule has 0 aliphatic carbocycles. The van der Waals surface area contributed by atoms with Crippen molar-refractivity contribution in [3.63, 3.8) is 0 Å². The van der Waals surface area contributed by atoms with Gasteiger partial charge >= 0.3 is 6.18 Å². The number of nitrogens with two attached hydrogens (primary N) is 1. The third-order valence-corrected chi connectivity index (χ3v) is 2.67. The van der Waals surface area contributed by atoms with E-state index >= 15 is 0 Å². The summed E-state index contributed by atoms with van der Waals surface area (Å²) in [4.78, 5) is 0.855. The first kappa shape index (κ1) is 10.3.